The van der Waals surface area contributed by atoms with Gasteiger partial charge in [-0.2, -0.15) is 5.10 Å². The van der Waals surface area contributed by atoms with E-state index in [-0.39, 0.29) is 0 Å². The molecule has 0 aliphatic rings. The van der Waals surface area contributed by atoms with Crippen LogP contribution in [0.4, 0.5) is 5.82 Å². The lowest BCUT2D eigenvalue weighted by Crippen LogP contribution is -1.94. The second kappa shape index (κ2) is 4.30. The van der Waals surface area contributed by atoms with Crippen LogP contribution < -0.4 is 10.5 Å². The molecule has 4 nitrogen and oxygen atoms in total. The molecule has 1 aromatic heterocycles. The third-order valence-electron chi connectivity index (χ3n) is 2.73. The van der Waals surface area contributed by atoms with Crippen molar-refractivity contribution in [3.8, 4) is 17.0 Å². The molecule has 0 fully saturated rings. The number of hydrogen-bond donors (Lipinski definition) is 2. The molecular formula is C12H14ClN3O. The Morgan fingerprint density at radius 2 is 2.06 bits per heavy atom. The van der Waals surface area contributed by atoms with E-state index in [0.717, 1.165) is 33.2 Å². The molecule has 0 amide bonds. The number of aryl methyl sites for hydroxylation is 1. The first-order chi connectivity index (χ1) is 8.04. The standard InChI is InChI=1S/C12H14ClN3O/c1-6-4-9(17-3)11(7(2)12(6)13)8-5-10(14)16-15-8/h4-5H,1-3H3,(H3,14,15,16). The van der Waals surface area contributed by atoms with Gasteiger partial charge in [0.2, 0.25) is 0 Å². The molecule has 17 heavy (non-hydrogen) atoms. The van der Waals surface area contributed by atoms with E-state index in [1.54, 1.807) is 13.2 Å². The number of methoxy groups -OCH3 is 1. The van der Waals surface area contributed by atoms with Crippen molar-refractivity contribution in [1.29, 1.82) is 0 Å². The van der Waals surface area contributed by atoms with Crippen molar-refractivity contribution in [3.05, 3.63) is 28.3 Å². The summed E-state index contributed by atoms with van der Waals surface area (Å²) in [6.45, 7) is 3.90. The molecule has 0 saturated heterocycles. The van der Waals surface area contributed by atoms with E-state index in [1.165, 1.54) is 0 Å². The van der Waals surface area contributed by atoms with E-state index in [1.807, 2.05) is 19.9 Å². The molecule has 0 radical (unpaired) electrons. The number of rotatable bonds is 2. The Balaban J connectivity index is 2.71. The number of halogens is 1. The van der Waals surface area contributed by atoms with Gasteiger partial charge >= 0.3 is 0 Å². The maximum absolute atomic E-state index is 6.25. The van der Waals surface area contributed by atoms with Crippen molar-refractivity contribution in [2.45, 2.75) is 13.8 Å². The van der Waals surface area contributed by atoms with E-state index in [0.29, 0.717) is 5.82 Å². The summed E-state index contributed by atoms with van der Waals surface area (Å²) >= 11 is 6.25. The number of nitrogen functional groups attached to an aromatic ring is 1. The summed E-state index contributed by atoms with van der Waals surface area (Å²) in [5, 5.41) is 7.52. The van der Waals surface area contributed by atoms with Gasteiger partial charge in [-0.1, -0.05) is 11.6 Å². The SMILES string of the molecule is COc1cc(C)c(Cl)c(C)c1-c1cc(N)n[nH]1. The van der Waals surface area contributed by atoms with Crippen LogP contribution in [-0.4, -0.2) is 17.3 Å². The van der Waals surface area contributed by atoms with Crippen LogP contribution in [0.2, 0.25) is 5.02 Å². The van der Waals surface area contributed by atoms with Crippen molar-refractivity contribution in [1.82, 2.24) is 10.2 Å². The third kappa shape index (κ3) is 1.96. The minimum atomic E-state index is 0.443. The summed E-state index contributed by atoms with van der Waals surface area (Å²) in [5.74, 6) is 1.20. The minimum absolute atomic E-state index is 0.443. The van der Waals surface area contributed by atoms with Crippen LogP contribution in [0.1, 0.15) is 11.1 Å². The number of nitrogens with one attached hydrogen (secondary N) is 1. The van der Waals surface area contributed by atoms with E-state index in [2.05, 4.69) is 10.2 Å². The largest absolute Gasteiger partial charge is 0.496 e. The highest BCUT2D eigenvalue weighted by Gasteiger charge is 2.16. The normalized spacial score (nSPS) is 10.6. The van der Waals surface area contributed by atoms with Gasteiger partial charge in [0.25, 0.3) is 0 Å². The monoisotopic (exact) mass is 251 g/mol. The van der Waals surface area contributed by atoms with E-state index in [9.17, 15) is 0 Å². The van der Waals surface area contributed by atoms with Crippen molar-refractivity contribution in [3.63, 3.8) is 0 Å². The number of anilines is 1. The van der Waals surface area contributed by atoms with Crippen LogP contribution >= 0.6 is 11.6 Å². The van der Waals surface area contributed by atoms with E-state index in [4.69, 9.17) is 22.1 Å². The fourth-order valence-electron chi connectivity index (χ4n) is 1.88. The Bertz CT molecular complexity index is 563. The average molecular weight is 252 g/mol. The molecule has 0 aliphatic heterocycles. The fraction of sp³-hybridized carbons (Fsp3) is 0.250. The first-order valence-corrected chi connectivity index (χ1v) is 5.57. The highest BCUT2D eigenvalue weighted by molar-refractivity contribution is 6.32. The van der Waals surface area contributed by atoms with Gasteiger partial charge in [-0.05, 0) is 31.0 Å². The van der Waals surface area contributed by atoms with Gasteiger partial charge in [-0.3, -0.25) is 5.10 Å². The number of aromatic nitrogens is 2. The third-order valence-corrected chi connectivity index (χ3v) is 3.31. The molecule has 0 saturated carbocycles. The molecule has 2 aromatic rings. The molecule has 0 unspecified atom stereocenters. The lowest BCUT2D eigenvalue weighted by atomic mass is 10.0. The van der Waals surface area contributed by atoms with Gasteiger partial charge in [-0.25, -0.2) is 0 Å². The maximum Gasteiger partial charge on any atom is 0.145 e. The van der Waals surface area contributed by atoms with Crippen LogP contribution in [0, 0.1) is 13.8 Å². The zero-order chi connectivity index (χ0) is 12.6. The van der Waals surface area contributed by atoms with Gasteiger partial charge in [0.1, 0.15) is 11.6 Å². The molecular weight excluding hydrogens is 238 g/mol. The second-order valence-corrected chi connectivity index (χ2v) is 4.29. The Kier molecular flexibility index (Phi) is 2.98. The molecule has 1 aromatic carbocycles. The Morgan fingerprint density at radius 1 is 1.35 bits per heavy atom. The van der Waals surface area contributed by atoms with Gasteiger partial charge in [-0.15, -0.1) is 0 Å². The summed E-state index contributed by atoms with van der Waals surface area (Å²) < 4.78 is 5.38. The smallest absolute Gasteiger partial charge is 0.145 e. The molecule has 3 N–H and O–H groups in total. The quantitative estimate of drug-likeness (QED) is 0.863. The Labute approximate surface area is 105 Å². The summed E-state index contributed by atoms with van der Waals surface area (Å²) in [4.78, 5) is 0. The zero-order valence-electron chi connectivity index (χ0n) is 9.97. The highest BCUT2D eigenvalue weighted by Crippen LogP contribution is 2.38. The van der Waals surface area contributed by atoms with E-state index >= 15 is 0 Å². The van der Waals surface area contributed by atoms with Crippen molar-refractivity contribution in [2.24, 2.45) is 0 Å². The van der Waals surface area contributed by atoms with Crippen LogP contribution in [0.3, 0.4) is 0 Å². The number of aromatic amines is 1. The Hall–Kier alpha value is -1.68. The molecule has 90 valence electrons. The van der Waals surface area contributed by atoms with Gasteiger partial charge < -0.3 is 10.5 Å². The van der Waals surface area contributed by atoms with Gasteiger partial charge in [0.15, 0.2) is 0 Å². The molecule has 2 rings (SSSR count). The number of benzene rings is 1. The fourth-order valence-corrected chi connectivity index (χ4v) is 2.03. The first-order valence-electron chi connectivity index (χ1n) is 5.19. The molecule has 0 atom stereocenters. The van der Waals surface area contributed by atoms with Crippen molar-refractivity contribution in [2.75, 3.05) is 12.8 Å². The number of hydrogen-bond acceptors (Lipinski definition) is 3. The predicted molar refractivity (Wildman–Crippen MR) is 69.5 cm³/mol. The topological polar surface area (TPSA) is 63.9 Å². The molecule has 1 heterocycles. The van der Waals surface area contributed by atoms with Crippen molar-refractivity contribution >= 4 is 17.4 Å². The van der Waals surface area contributed by atoms with Crippen molar-refractivity contribution < 1.29 is 4.74 Å². The Morgan fingerprint density at radius 3 is 2.59 bits per heavy atom. The van der Waals surface area contributed by atoms with Crippen LogP contribution in [0.25, 0.3) is 11.3 Å². The zero-order valence-corrected chi connectivity index (χ0v) is 10.7. The molecule has 0 bridgehead atoms. The van der Waals surface area contributed by atoms with Crippen LogP contribution in [-0.2, 0) is 0 Å². The second-order valence-electron chi connectivity index (χ2n) is 3.92. The highest BCUT2D eigenvalue weighted by atomic mass is 35.5. The number of H-pyrrole nitrogens is 1. The summed E-state index contributed by atoms with van der Waals surface area (Å²) in [6, 6.07) is 3.66. The lowest BCUT2D eigenvalue weighted by molar-refractivity contribution is 0.415. The lowest BCUT2D eigenvalue weighted by Gasteiger charge is -2.13. The van der Waals surface area contributed by atoms with Gasteiger partial charge in [0, 0.05) is 16.7 Å². The summed E-state index contributed by atoms with van der Waals surface area (Å²) in [7, 11) is 1.63. The summed E-state index contributed by atoms with van der Waals surface area (Å²) in [6.07, 6.45) is 0. The summed E-state index contributed by atoms with van der Waals surface area (Å²) in [5.41, 5.74) is 9.24. The molecule has 0 spiro atoms. The van der Waals surface area contributed by atoms with Gasteiger partial charge in [0.05, 0.1) is 12.8 Å². The molecule has 0 aliphatic carbocycles. The number of nitrogens with zero attached hydrogens (tertiary/aromatic N) is 1. The average Bonchev–Trinajstić information content (AvgIpc) is 2.71. The predicted octanol–water partition coefficient (Wildman–Crippen LogP) is 2.94. The molecule has 5 heteroatoms. The maximum atomic E-state index is 6.25. The number of nitrogens with two attached hydrogens (primary N) is 1. The van der Waals surface area contributed by atoms with E-state index < -0.39 is 0 Å². The van der Waals surface area contributed by atoms with Crippen LogP contribution in [0.15, 0.2) is 12.1 Å². The first kappa shape index (κ1) is 11.8. The van der Waals surface area contributed by atoms with Crippen LogP contribution in [0.5, 0.6) is 5.75 Å². The number of ether oxygens (including phenoxy) is 1. The minimum Gasteiger partial charge on any atom is -0.496 e.